The quantitative estimate of drug-likeness (QED) is 0.288. The molecule has 0 spiro atoms. The van der Waals surface area contributed by atoms with E-state index >= 15 is 0 Å². The van der Waals surface area contributed by atoms with Crippen LogP contribution in [0.2, 0.25) is 0 Å². The van der Waals surface area contributed by atoms with Crippen LogP contribution in [0.1, 0.15) is 27.0 Å². The zero-order valence-electron chi connectivity index (χ0n) is 17.3. The van der Waals surface area contributed by atoms with Crippen LogP contribution in [0.4, 0.5) is 0 Å². The number of hydrogen-bond acceptors (Lipinski definition) is 4. The first kappa shape index (κ1) is 20.7. The average molecular weight is 427 g/mol. The van der Waals surface area contributed by atoms with E-state index in [9.17, 15) is 9.90 Å². The van der Waals surface area contributed by atoms with Gasteiger partial charge in [0.05, 0.1) is 22.5 Å². The molecule has 2 N–H and O–H groups in total. The second-order valence-corrected chi connectivity index (χ2v) is 8.28. The predicted octanol–water partition coefficient (Wildman–Crippen LogP) is 6.13. The predicted molar refractivity (Wildman–Crippen MR) is 127 cm³/mol. The van der Waals surface area contributed by atoms with Crippen LogP contribution < -0.4 is 0 Å². The Morgan fingerprint density at radius 3 is 2.32 bits per heavy atom. The summed E-state index contributed by atoms with van der Waals surface area (Å²) in [6.07, 6.45) is 0.772. The number of aldehydes is 1. The molecule has 0 aliphatic rings. The third-order valence-corrected chi connectivity index (χ3v) is 6.03. The smallest absolute Gasteiger partial charge is 0.199 e. The van der Waals surface area contributed by atoms with Crippen molar-refractivity contribution in [1.82, 2.24) is 4.98 Å². The molecule has 4 rings (SSSR count). The van der Waals surface area contributed by atoms with Gasteiger partial charge in [-0.2, -0.15) is 0 Å². The maximum atomic E-state index is 12.0. The fraction of sp³-hybridized carbons (Fsp3) is 0.0769. The van der Waals surface area contributed by atoms with Crippen molar-refractivity contribution in [1.29, 1.82) is 0 Å². The van der Waals surface area contributed by atoms with Crippen LogP contribution in [0, 0.1) is 6.92 Å². The minimum Gasteiger partial charge on any atom is -0.494 e. The number of aromatic amines is 1. The maximum Gasteiger partial charge on any atom is 0.199 e. The second kappa shape index (κ2) is 9.06. The van der Waals surface area contributed by atoms with Crippen LogP contribution in [0.15, 0.2) is 93.6 Å². The number of H-pyrrole nitrogens is 1. The molecule has 154 valence electrons. The number of rotatable bonds is 6. The molecule has 0 bridgehead atoms. The summed E-state index contributed by atoms with van der Waals surface area (Å²) in [5.74, 6) is -0.0676. The van der Waals surface area contributed by atoms with Gasteiger partial charge < -0.3 is 10.1 Å². The van der Waals surface area contributed by atoms with E-state index in [1.54, 1.807) is 18.8 Å². The Bertz CT molecular complexity index is 1240. The summed E-state index contributed by atoms with van der Waals surface area (Å²) in [6.45, 7) is 1.99. The van der Waals surface area contributed by atoms with Gasteiger partial charge in [0.15, 0.2) is 12.2 Å². The summed E-state index contributed by atoms with van der Waals surface area (Å²) >= 11 is 1.67. The van der Waals surface area contributed by atoms with Crippen LogP contribution in [0.3, 0.4) is 0 Å². The summed E-state index contributed by atoms with van der Waals surface area (Å²) < 4.78 is 0. The van der Waals surface area contributed by atoms with Crippen molar-refractivity contribution >= 4 is 23.8 Å². The van der Waals surface area contributed by atoms with Gasteiger partial charge in [-0.1, -0.05) is 65.9 Å². The van der Waals surface area contributed by atoms with Crippen molar-refractivity contribution < 1.29 is 9.90 Å². The molecule has 3 aromatic carbocycles. The Kier molecular flexibility index (Phi) is 6.05. The number of carbonyl (C=O) groups excluding carboxylic acids is 1. The van der Waals surface area contributed by atoms with E-state index in [1.807, 2.05) is 73.7 Å². The Morgan fingerprint density at radius 1 is 0.968 bits per heavy atom. The SMILES string of the molecule is CN=C(c1ccc(Sc2ccccc2)cc1)c1c(O)[nH]c(-c2cccc(C)c2)c1C=O. The van der Waals surface area contributed by atoms with Crippen LogP contribution in [0.5, 0.6) is 5.88 Å². The molecule has 4 nitrogen and oxygen atoms in total. The molecule has 0 aliphatic carbocycles. The van der Waals surface area contributed by atoms with E-state index in [2.05, 4.69) is 22.1 Å². The van der Waals surface area contributed by atoms with E-state index in [0.717, 1.165) is 32.8 Å². The normalized spacial score (nSPS) is 11.5. The molecule has 31 heavy (non-hydrogen) atoms. The number of nitrogens with zero attached hydrogens (tertiary/aromatic N) is 1. The molecule has 0 fully saturated rings. The minimum absolute atomic E-state index is 0.0676. The summed E-state index contributed by atoms with van der Waals surface area (Å²) in [6, 6.07) is 25.9. The lowest BCUT2D eigenvalue weighted by Crippen LogP contribution is -2.05. The van der Waals surface area contributed by atoms with Crippen LogP contribution >= 0.6 is 11.8 Å². The van der Waals surface area contributed by atoms with Gasteiger partial charge in [0.1, 0.15) is 0 Å². The molecule has 1 heterocycles. The van der Waals surface area contributed by atoms with Gasteiger partial charge in [-0.05, 0) is 42.8 Å². The Hall–Kier alpha value is -3.57. The number of benzene rings is 3. The molecule has 1 aromatic heterocycles. The lowest BCUT2D eigenvalue weighted by molar-refractivity contribution is 0.112. The van der Waals surface area contributed by atoms with E-state index in [-0.39, 0.29) is 5.88 Å². The molecule has 0 unspecified atom stereocenters. The van der Waals surface area contributed by atoms with E-state index < -0.39 is 0 Å². The molecule has 4 aromatic rings. The third kappa shape index (κ3) is 4.32. The van der Waals surface area contributed by atoms with E-state index in [1.165, 1.54) is 0 Å². The number of hydrogen-bond donors (Lipinski definition) is 2. The highest BCUT2D eigenvalue weighted by atomic mass is 32.2. The second-order valence-electron chi connectivity index (χ2n) is 7.14. The number of carbonyl (C=O) groups is 1. The van der Waals surface area contributed by atoms with Crippen molar-refractivity contribution in [3.05, 3.63) is 101 Å². The molecule has 5 heteroatoms. The lowest BCUT2D eigenvalue weighted by atomic mass is 9.98. The summed E-state index contributed by atoms with van der Waals surface area (Å²) in [5, 5.41) is 10.7. The van der Waals surface area contributed by atoms with Crippen LogP contribution in [-0.2, 0) is 0 Å². The van der Waals surface area contributed by atoms with Gasteiger partial charge >= 0.3 is 0 Å². The summed E-state index contributed by atoms with van der Waals surface area (Å²) in [7, 11) is 1.66. The molecule has 0 atom stereocenters. The first-order valence-electron chi connectivity index (χ1n) is 9.88. The fourth-order valence-corrected chi connectivity index (χ4v) is 4.41. The fourth-order valence-electron chi connectivity index (χ4n) is 3.58. The number of aliphatic imine (C=N–C) groups is 1. The van der Waals surface area contributed by atoms with Gasteiger partial charge in [0.2, 0.25) is 0 Å². The van der Waals surface area contributed by atoms with E-state index in [0.29, 0.717) is 22.5 Å². The summed E-state index contributed by atoms with van der Waals surface area (Å²) in [5.41, 5.74) is 4.70. The lowest BCUT2D eigenvalue weighted by Gasteiger charge is -2.08. The molecule has 0 radical (unpaired) electrons. The van der Waals surface area contributed by atoms with Crippen LogP contribution in [-0.4, -0.2) is 29.1 Å². The van der Waals surface area contributed by atoms with Crippen molar-refractivity contribution in [3.63, 3.8) is 0 Å². The molecule has 0 saturated heterocycles. The highest BCUT2D eigenvalue weighted by Crippen LogP contribution is 2.34. The standard InChI is InChI=1S/C26H22N2O2S/c1-17-7-6-8-19(15-17)24-22(16-29)23(26(30)28-24)25(27-2)18-11-13-21(14-12-18)31-20-9-4-3-5-10-20/h3-16,28,30H,1-2H3. The average Bonchev–Trinajstić information content (AvgIpc) is 3.12. The third-order valence-electron chi connectivity index (χ3n) is 5.01. The molecular weight excluding hydrogens is 404 g/mol. The molecule has 0 aliphatic heterocycles. The highest BCUT2D eigenvalue weighted by Gasteiger charge is 2.23. The zero-order chi connectivity index (χ0) is 21.8. The highest BCUT2D eigenvalue weighted by molar-refractivity contribution is 7.99. The largest absolute Gasteiger partial charge is 0.494 e. The number of aryl methyl sites for hydroxylation is 1. The maximum absolute atomic E-state index is 12.0. The number of nitrogens with one attached hydrogen (secondary N) is 1. The summed E-state index contributed by atoms with van der Waals surface area (Å²) in [4.78, 5) is 21.7. The van der Waals surface area contributed by atoms with E-state index in [4.69, 9.17) is 0 Å². The minimum atomic E-state index is -0.0676. The van der Waals surface area contributed by atoms with Crippen LogP contribution in [0.25, 0.3) is 11.3 Å². The Labute approximate surface area is 185 Å². The van der Waals surface area contributed by atoms with Gasteiger partial charge in [-0.25, -0.2) is 0 Å². The van der Waals surface area contributed by atoms with Crippen molar-refractivity contribution in [3.8, 4) is 17.1 Å². The molecular formula is C26H22N2O2S. The zero-order valence-corrected chi connectivity index (χ0v) is 18.1. The monoisotopic (exact) mass is 426 g/mol. The number of aromatic hydroxyl groups is 1. The Morgan fingerprint density at radius 2 is 1.68 bits per heavy atom. The number of aromatic nitrogens is 1. The first-order valence-corrected chi connectivity index (χ1v) is 10.7. The van der Waals surface area contributed by atoms with Crippen molar-refractivity contribution in [2.45, 2.75) is 16.7 Å². The van der Waals surface area contributed by atoms with Gasteiger partial charge in [0, 0.05) is 22.4 Å². The van der Waals surface area contributed by atoms with Gasteiger partial charge in [-0.15, -0.1) is 0 Å². The van der Waals surface area contributed by atoms with Gasteiger partial charge in [-0.3, -0.25) is 9.79 Å². The Balaban J connectivity index is 1.70. The van der Waals surface area contributed by atoms with Gasteiger partial charge in [0.25, 0.3) is 0 Å². The first-order chi connectivity index (χ1) is 15.1. The topological polar surface area (TPSA) is 65.5 Å². The molecule has 0 amide bonds. The molecule has 0 saturated carbocycles. The van der Waals surface area contributed by atoms with Crippen molar-refractivity contribution in [2.24, 2.45) is 4.99 Å². The van der Waals surface area contributed by atoms with Crippen molar-refractivity contribution in [2.75, 3.05) is 7.05 Å².